The first-order valence-electron chi connectivity index (χ1n) is 13.5. The summed E-state index contributed by atoms with van der Waals surface area (Å²) in [4.78, 5) is 35.0. The van der Waals surface area contributed by atoms with Gasteiger partial charge in [-0.05, 0) is 61.7 Å². The highest BCUT2D eigenvalue weighted by Crippen LogP contribution is 2.29. The zero-order valence-electron chi connectivity index (χ0n) is 22.5. The van der Waals surface area contributed by atoms with E-state index in [9.17, 15) is 9.59 Å². The van der Waals surface area contributed by atoms with E-state index in [0.29, 0.717) is 25.2 Å². The van der Waals surface area contributed by atoms with E-state index in [4.69, 9.17) is 5.26 Å². The lowest BCUT2D eigenvalue weighted by Gasteiger charge is -2.36. The van der Waals surface area contributed by atoms with Crippen molar-refractivity contribution in [1.29, 1.82) is 5.26 Å². The summed E-state index contributed by atoms with van der Waals surface area (Å²) >= 11 is 0. The molecule has 5 rings (SSSR count). The third kappa shape index (κ3) is 6.05. The average Bonchev–Trinajstić information content (AvgIpc) is 3.47. The normalized spacial score (nSPS) is 15.6. The quantitative estimate of drug-likeness (QED) is 0.333. The van der Waals surface area contributed by atoms with Crippen molar-refractivity contribution in [2.24, 2.45) is 5.92 Å². The minimum Gasteiger partial charge on any atom is -0.348 e. The lowest BCUT2D eigenvalue weighted by atomic mass is 9.96. The van der Waals surface area contributed by atoms with Gasteiger partial charge >= 0.3 is 6.03 Å². The molecule has 1 unspecified atom stereocenters. The summed E-state index contributed by atoms with van der Waals surface area (Å²) in [6, 6.07) is 28.4. The molecule has 0 radical (unpaired) electrons. The molecule has 4 aromatic rings. The van der Waals surface area contributed by atoms with Crippen LogP contribution in [0.25, 0.3) is 0 Å². The zero-order chi connectivity index (χ0) is 27.9. The third-order valence-electron chi connectivity index (χ3n) is 7.27. The fourth-order valence-corrected chi connectivity index (χ4v) is 5.14. The smallest absolute Gasteiger partial charge is 0.329 e. The summed E-state index contributed by atoms with van der Waals surface area (Å²) in [6.45, 7) is 3.49. The van der Waals surface area contributed by atoms with Gasteiger partial charge in [0.15, 0.2) is 0 Å². The lowest BCUT2D eigenvalue weighted by molar-refractivity contribution is -0.127. The summed E-state index contributed by atoms with van der Waals surface area (Å²) in [5.41, 5.74) is 4.12. The van der Waals surface area contributed by atoms with Crippen molar-refractivity contribution in [3.63, 3.8) is 0 Å². The standard InChI is InChI=1S/C32H32N6O2/c1-24(30-20-34-23-37(30)21-26-16-14-25(19-33)15-17-26)35-31(39)27-9-8-18-36(22-27)32(40)38(28-10-4-2-5-11-28)29-12-6-3-7-13-29/h2-7,10-17,20,23-24,27H,8-9,18,21-22H2,1H3,(H,35,39)/t24-,27?/m0/s1. The van der Waals surface area contributed by atoms with Gasteiger partial charge in [-0.15, -0.1) is 0 Å². The number of amides is 3. The highest BCUT2D eigenvalue weighted by atomic mass is 16.2. The summed E-state index contributed by atoms with van der Waals surface area (Å²) in [7, 11) is 0. The van der Waals surface area contributed by atoms with Gasteiger partial charge in [0.25, 0.3) is 0 Å². The number of nitrogens with one attached hydrogen (secondary N) is 1. The molecule has 3 amide bonds. The highest BCUT2D eigenvalue weighted by Gasteiger charge is 2.32. The minimum atomic E-state index is -0.302. The number of aromatic nitrogens is 2. The Balaban J connectivity index is 1.26. The summed E-state index contributed by atoms with van der Waals surface area (Å²) in [5.74, 6) is -0.370. The molecule has 0 bridgehead atoms. The molecule has 2 atom stereocenters. The molecule has 3 aromatic carbocycles. The average molecular weight is 533 g/mol. The van der Waals surface area contributed by atoms with Gasteiger partial charge in [-0.1, -0.05) is 48.5 Å². The Morgan fingerprint density at radius 2 is 1.68 bits per heavy atom. The Hall–Kier alpha value is -4.90. The van der Waals surface area contributed by atoms with Crippen molar-refractivity contribution >= 4 is 23.3 Å². The molecular formula is C32H32N6O2. The van der Waals surface area contributed by atoms with E-state index in [1.807, 2.05) is 84.3 Å². The maximum absolute atomic E-state index is 13.8. The van der Waals surface area contributed by atoms with Crippen LogP contribution < -0.4 is 10.2 Å². The van der Waals surface area contributed by atoms with E-state index in [-0.39, 0.29) is 23.9 Å². The van der Waals surface area contributed by atoms with E-state index in [2.05, 4.69) is 16.4 Å². The number of rotatable bonds is 7. The van der Waals surface area contributed by atoms with E-state index in [1.54, 1.807) is 34.5 Å². The van der Waals surface area contributed by atoms with Gasteiger partial charge in [-0.2, -0.15) is 5.26 Å². The van der Waals surface area contributed by atoms with Gasteiger partial charge in [0.05, 0.1) is 53.2 Å². The number of carbonyl (C=O) groups excluding carboxylic acids is 2. The summed E-state index contributed by atoms with van der Waals surface area (Å²) in [6.07, 6.45) is 5.00. The number of urea groups is 1. The van der Waals surface area contributed by atoms with Crippen LogP contribution in [0.3, 0.4) is 0 Å². The monoisotopic (exact) mass is 532 g/mol. The fraction of sp³-hybridized carbons (Fsp3) is 0.250. The predicted molar refractivity (Wildman–Crippen MR) is 154 cm³/mol. The number of carbonyl (C=O) groups is 2. The number of anilines is 2. The number of likely N-dealkylation sites (tertiary alicyclic amines) is 1. The van der Waals surface area contributed by atoms with Gasteiger partial charge in [-0.3, -0.25) is 9.69 Å². The molecule has 0 spiro atoms. The Morgan fingerprint density at radius 1 is 1.02 bits per heavy atom. The second-order valence-corrected chi connectivity index (χ2v) is 10.1. The fourth-order valence-electron chi connectivity index (χ4n) is 5.14. The first-order chi connectivity index (χ1) is 19.5. The van der Waals surface area contributed by atoms with Crippen molar-refractivity contribution in [3.05, 3.63) is 114 Å². The van der Waals surface area contributed by atoms with Gasteiger partial charge in [0.2, 0.25) is 5.91 Å². The maximum atomic E-state index is 13.8. The highest BCUT2D eigenvalue weighted by molar-refractivity contribution is 5.99. The Bertz CT molecular complexity index is 1440. The van der Waals surface area contributed by atoms with Crippen LogP contribution in [0.15, 0.2) is 97.5 Å². The van der Waals surface area contributed by atoms with Crippen LogP contribution in [0.2, 0.25) is 0 Å². The zero-order valence-corrected chi connectivity index (χ0v) is 22.5. The second kappa shape index (κ2) is 12.3. The molecule has 8 nitrogen and oxygen atoms in total. The lowest BCUT2D eigenvalue weighted by Crippen LogP contribution is -2.49. The van der Waals surface area contributed by atoms with Crippen LogP contribution >= 0.6 is 0 Å². The van der Waals surface area contributed by atoms with E-state index < -0.39 is 0 Å². The largest absolute Gasteiger partial charge is 0.348 e. The SMILES string of the molecule is C[C@H](NC(=O)C1CCCN(C(=O)N(c2ccccc2)c2ccccc2)C1)c1cncn1Cc1ccc(C#N)cc1. The van der Waals surface area contributed by atoms with Gasteiger partial charge in [0.1, 0.15) is 0 Å². The topological polar surface area (TPSA) is 94.3 Å². The Kier molecular flexibility index (Phi) is 8.21. The van der Waals surface area contributed by atoms with E-state index >= 15 is 0 Å². The molecule has 2 heterocycles. The van der Waals surface area contributed by atoms with Crippen LogP contribution in [0.5, 0.6) is 0 Å². The summed E-state index contributed by atoms with van der Waals surface area (Å²) < 4.78 is 2.00. The molecule has 0 saturated carbocycles. The summed E-state index contributed by atoms with van der Waals surface area (Å²) in [5, 5.41) is 12.2. The van der Waals surface area contributed by atoms with Crippen LogP contribution in [0, 0.1) is 17.2 Å². The second-order valence-electron chi connectivity index (χ2n) is 10.1. The molecule has 1 aliphatic rings. The van der Waals surface area contributed by atoms with Gasteiger partial charge in [-0.25, -0.2) is 9.78 Å². The number of hydrogen-bond donors (Lipinski definition) is 1. The minimum absolute atomic E-state index is 0.0675. The van der Waals surface area contributed by atoms with Crippen molar-refractivity contribution in [2.75, 3.05) is 18.0 Å². The van der Waals surface area contributed by atoms with E-state index in [0.717, 1.165) is 35.5 Å². The third-order valence-corrected chi connectivity index (χ3v) is 7.27. The van der Waals surface area contributed by atoms with Crippen molar-refractivity contribution in [3.8, 4) is 6.07 Å². The number of benzene rings is 3. The number of nitrogens with zero attached hydrogens (tertiary/aromatic N) is 5. The molecule has 40 heavy (non-hydrogen) atoms. The van der Waals surface area contributed by atoms with Crippen LogP contribution in [-0.2, 0) is 11.3 Å². The van der Waals surface area contributed by atoms with Gasteiger partial charge in [0, 0.05) is 19.6 Å². The Labute approximate surface area is 234 Å². The van der Waals surface area contributed by atoms with Crippen LogP contribution in [-0.4, -0.2) is 39.5 Å². The number of piperidine rings is 1. The number of imidazole rings is 1. The molecule has 1 aromatic heterocycles. The number of para-hydroxylation sites is 2. The molecule has 0 aliphatic carbocycles. The van der Waals surface area contributed by atoms with Crippen LogP contribution in [0.1, 0.15) is 42.6 Å². The van der Waals surface area contributed by atoms with Crippen LogP contribution in [0.4, 0.5) is 16.2 Å². The molecule has 1 N–H and O–H groups in total. The number of hydrogen-bond acceptors (Lipinski definition) is 4. The van der Waals surface area contributed by atoms with E-state index in [1.165, 1.54) is 0 Å². The Morgan fingerprint density at radius 3 is 2.30 bits per heavy atom. The molecular weight excluding hydrogens is 500 g/mol. The molecule has 8 heteroatoms. The predicted octanol–water partition coefficient (Wildman–Crippen LogP) is 5.65. The molecule has 202 valence electrons. The van der Waals surface area contributed by atoms with Crippen molar-refractivity contribution in [2.45, 2.75) is 32.4 Å². The van der Waals surface area contributed by atoms with Gasteiger partial charge < -0.3 is 14.8 Å². The number of nitriles is 1. The first-order valence-corrected chi connectivity index (χ1v) is 13.5. The van der Waals surface area contributed by atoms with Crippen molar-refractivity contribution < 1.29 is 9.59 Å². The molecule has 1 saturated heterocycles. The molecule has 1 aliphatic heterocycles. The van der Waals surface area contributed by atoms with Crippen molar-refractivity contribution in [1.82, 2.24) is 19.8 Å². The maximum Gasteiger partial charge on any atom is 0.329 e. The molecule has 1 fully saturated rings. The first kappa shape index (κ1) is 26.7.